The molecule has 1 aliphatic heterocycles. The predicted octanol–water partition coefficient (Wildman–Crippen LogP) is 5.55. The van der Waals surface area contributed by atoms with Crippen molar-refractivity contribution in [1.29, 1.82) is 0 Å². The SMILES string of the molecule is COC1CCCN(c2ccc(NC(=O)CCc3ccc(Cl)c(C(F)(F)F)c3)cc2)C1. The summed E-state index contributed by atoms with van der Waals surface area (Å²) in [6.45, 7) is 1.80. The molecule has 3 rings (SSSR count). The van der Waals surface area contributed by atoms with E-state index in [1.807, 2.05) is 24.3 Å². The van der Waals surface area contributed by atoms with Crippen LogP contribution in [0.2, 0.25) is 5.02 Å². The summed E-state index contributed by atoms with van der Waals surface area (Å²) in [5.74, 6) is -0.260. The van der Waals surface area contributed by atoms with Crippen molar-refractivity contribution in [2.24, 2.45) is 0 Å². The zero-order valence-electron chi connectivity index (χ0n) is 16.6. The number of rotatable bonds is 6. The number of carbonyl (C=O) groups is 1. The van der Waals surface area contributed by atoms with Gasteiger partial charge in [-0.15, -0.1) is 0 Å². The molecule has 0 spiro atoms. The van der Waals surface area contributed by atoms with Crippen molar-refractivity contribution in [3.8, 4) is 0 Å². The van der Waals surface area contributed by atoms with E-state index in [1.165, 1.54) is 12.1 Å². The average Bonchev–Trinajstić information content (AvgIpc) is 2.73. The Morgan fingerprint density at radius 3 is 2.63 bits per heavy atom. The summed E-state index contributed by atoms with van der Waals surface area (Å²) >= 11 is 5.63. The molecule has 8 heteroatoms. The van der Waals surface area contributed by atoms with Gasteiger partial charge in [-0.25, -0.2) is 0 Å². The van der Waals surface area contributed by atoms with Crippen molar-refractivity contribution in [3.63, 3.8) is 0 Å². The average molecular weight is 441 g/mol. The zero-order valence-corrected chi connectivity index (χ0v) is 17.4. The Kier molecular flexibility index (Phi) is 7.26. The Hall–Kier alpha value is -2.25. The highest BCUT2D eigenvalue weighted by atomic mass is 35.5. The minimum absolute atomic E-state index is 0.0718. The lowest BCUT2D eigenvalue weighted by Crippen LogP contribution is -2.39. The molecule has 0 aromatic heterocycles. The van der Waals surface area contributed by atoms with E-state index in [1.54, 1.807) is 7.11 Å². The number of ether oxygens (including phenoxy) is 1. The summed E-state index contributed by atoms with van der Waals surface area (Å²) in [4.78, 5) is 14.5. The topological polar surface area (TPSA) is 41.6 Å². The lowest BCUT2D eigenvalue weighted by atomic mass is 10.1. The number of methoxy groups -OCH3 is 1. The molecule has 1 saturated heterocycles. The number of nitrogens with one attached hydrogen (secondary N) is 1. The van der Waals surface area contributed by atoms with Crippen LogP contribution in [0.5, 0.6) is 0 Å². The molecule has 1 amide bonds. The quantitative estimate of drug-likeness (QED) is 0.640. The van der Waals surface area contributed by atoms with E-state index in [4.69, 9.17) is 16.3 Å². The molecule has 2 aromatic carbocycles. The Labute approximate surface area is 179 Å². The smallest absolute Gasteiger partial charge is 0.380 e. The Morgan fingerprint density at radius 1 is 1.23 bits per heavy atom. The van der Waals surface area contributed by atoms with Crippen LogP contribution in [0.25, 0.3) is 0 Å². The number of benzene rings is 2. The number of piperidine rings is 1. The largest absolute Gasteiger partial charge is 0.417 e. The second-order valence-corrected chi connectivity index (χ2v) is 7.76. The normalized spacial score (nSPS) is 17.1. The molecule has 1 heterocycles. The van der Waals surface area contributed by atoms with Gasteiger partial charge >= 0.3 is 6.18 Å². The summed E-state index contributed by atoms with van der Waals surface area (Å²) in [5.41, 5.74) is 1.24. The number of aryl methyl sites for hydroxylation is 1. The van der Waals surface area contributed by atoms with Crippen molar-refractivity contribution in [2.45, 2.75) is 38.0 Å². The van der Waals surface area contributed by atoms with Crippen LogP contribution in [0.3, 0.4) is 0 Å². The molecule has 0 aliphatic carbocycles. The standard InChI is InChI=1S/C22H24ClF3N2O2/c1-30-18-3-2-12-28(14-18)17-8-6-16(7-9-17)27-21(29)11-5-15-4-10-20(23)19(13-15)22(24,25)26/h4,6-10,13,18H,2-3,5,11-12,14H2,1H3,(H,27,29). The van der Waals surface area contributed by atoms with Crippen LogP contribution in [0, 0.1) is 0 Å². The van der Waals surface area contributed by atoms with Crippen molar-refractivity contribution < 1.29 is 22.7 Å². The van der Waals surface area contributed by atoms with Gasteiger partial charge in [-0.05, 0) is 61.2 Å². The molecule has 1 fully saturated rings. The van der Waals surface area contributed by atoms with E-state index in [0.717, 1.165) is 37.7 Å². The summed E-state index contributed by atoms with van der Waals surface area (Å²) in [6.07, 6.45) is -1.91. The third-order valence-electron chi connectivity index (χ3n) is 5.20. The highest BCUT2D eigenvalue weighted by Gasteiger charge is 2.33. The van der Waals surface area contributed by atoms with E-state index in [2.05, 4.69) is 10.2 Å². The first-order valence-corrected chi connectivity index (χ1v) is 10.2. The number of halogens is 4. The Bertz CT molecular complexity index is 872. The maximum atomic E-state index is 12.9. The van der Waals surface area contributed by atoms with Crippen LogP contribution in [0.1, 0.15) is 30.4 Å². The van der Waals surface area contributed by atoms with Crippen molar-refractivity contribution >= 4 is 28.9 Å². The first kappa shape index (κ1) is 22.4. The molecular weight excluding hydrogens is 417 g/mol. The molecule has 162 valence electrons. The minimum atomic E-state index is -4.52. The van der Waals surface area contributed by atoms with Crippen LogP contribution in [-0.4, -0.2) is 32.2 Å². The van der Waals surface area contributed by atoms with E-state index in [-0.39, 0.29) is 29.9 Å². The molecule has 1 atom stereocenters. The fourth-order valence-electron chi connectivity index (χ4n) is 3.55. The summed E-state index contributed by atoms with van der Waals surface area (Å²) in [6, 6.07) is 11.3. The van der Waals surface area contributed by atoms with Crippen LogP contribution in [0.15, 0.2) is 42.5 Å². The molecule has 1 aliphatic rings. The number of nitrogens with zero attached hydrogens (tertiary/aromatic N) is 1. The number of alkyl halides is 3. The molecule has 1 N–H and O–H groups in total. The third-order valence-corrected chi connectivity index (χ3v) is 5.53. The maximum absolute atomic E-state index is 12.9. The lowest BCUT2D eigenvalue weighted by molar-refractivity contribution is -0.137. The van der Waals surface area contributed by atoms with Gasteiger partial charge in [0.1, 0.15) is 0 Å². The molecule has 0 radical (unpaired) electrons. The Balaban J connectivity index is 1.54. The molecule has 0 saturated carbocycles. The van der Waals surface area contributed by atoms with Gasteiger partial charge in [0.05, 0.1) is 16.7 Å². The number of carbonyl (C=O) groups excluding carboxylic acids is 1. The zero-order chi connectivity index (χ0) is 21.7. The van der Waals surface area contributed by atoms with Crippen LogP contribution >= 0.6 is 11.6 Å². The maximum Gasteiger partial charge on any atom is 0.417 e. The summed E-state index contributed by atoms with van der Waals surface area (Å²) in [7, 11) is 1.72. The molecular formula is C22H24ClF3N2O2. The van der Waals surface area contributed by atoms with E-state index >= 15 is 0 Å². The molecule has 1 unspecified atom stereocenters. The first-order valence-electron chi connectivity index (χ1n) is 9.79. The van der Waals surface area contributed by atoms with Gasteiger partial charge in [0.2, 0.25) is 5.91 Å². The van der Waals surface area contributed by atoms with Gasteiger partial charge in [0.15, 0.2) is 0 Å². The first-order chi connectivity index (χ1) is 14.3. The fourth-order valence-corrected chi connectivity index (χ4v) is 3.77. The Morgan fingerprint density at radius 2 is 1.97 bits per heavy atom. The third kappa shape index (κ3) is 5.89. The molecule has 4 nitrogen and oxygen atoms in total. The number of amides is 1. The van der Waals surface area contributed by atoms with Crippen molar-refractivity contribution in [1.82, 2.24) is 0 Å². The van der Waals surface area contributed by atoms with E-state index in [9.17, 15) is 18.0 Å². The molecule has 0 bridgehead atoms. The number of hydrogen-bond acceptors (Lipinski definition) is 3. The monoisotopic (exact) mass is 440 g/mol. The fraction of sp³-hybridized carbons (Fsp3) is 0.409. The minimum Gasteiger partial charge on any atom is -0.380 e. The highest BCUT2D eigenvalue weighted by molar-refractivity contribution is 6.31. The van der Waals surface area contributed by atoms with Gasteiger partial charge in [-0.3, -0.25) is 4.79 Å². The van der Waals surface area contributed by atoms with E-state index in [0.29, 0.717) is 11.3 Å². The van der Waals surface area contributed by atoms with Crippen LogP contribution in [0.4, 0.5) is 24.5 Å². The summed E-state index contributed by atoms with van der Waals surface area (Å²) in [5, 5.41) is 2.44. The van der Waals surface area contributed by atoms with Gasteiger partial charge < -0.3 is 15.0 Å². The lowest BCUT2D eigenvalue weighted by Gasteiger charge is -2.33. The molecule has 30 heavy (non-hydrogen) atoms. The van der Waals surface area contributed by atoms with Crippen LogP contribution < -0.4 is 10.2 Å². The van der Waals surface area contributed by atoms with Crippen LogP contribution in [-0.2, 0) is 22.1 Å². The number of anilines is 2. The second-order valence-electron chi connectivity index (χ2n) is 7.35. The number of hydrogen-bond donors (Lipinski definition) is 1. The van der Waals surface area contributed by atoms with Crippen molar-refractivity contribution in [2.75, 3.05) is 30.4 Å². The highest BCUT2D eigenvalue weighted by Crippen LogP contribution is 2.35. The van der Waals surface area contributed by atoms with Gasteiger partial charge in [0.25, 0.3) is 0 Å². The van der Waals surface area contributed by atoms with Gasteiger partial charge in [0, 0.05) is 38.0 Å². The van der Waals surface area contributed by atoms with Gasteiger partial charge in [-0.2, -0.15) is 13.2 Å². The molecule has 2 aromatic rings. The van der Waals surface area contributed by atoms with Crippen molar-refractivity contribution in [3.05, 3.63) is 58.6 Å². The van der Waals surface area contributed by atoms with Gasteiger partial charge in [-0.1, -0.05) is 17.7 Å². The second kappa shape index (κ2) is 9.71. The summed E-state index contributed by atoms with van der Waals surface area (Å²) < 4.78 is 44.3. The predicted molar refractivity (Wildman–Crippen MR) is 112 cm³/mol. The van der Waals surface area contributed by atoms with E-state index < -0.39 is 11.7 Å².